The molecular weight excluding hydrogens is 392 g/mol. The fourth-order valence-corrected chi connectivity index (χ4v) is 3.62. The lowest BCUT2D eigenvalue weighted by Crippen LogP contribution is -2.50. The van der Waals surface area contributed by atoms with E-state index in [0.717, 1.165) is 6.42 Å². The summed E-state index contributed by atoms with van der Waals surface area (Å²) in [6.45, 7) is 3.83. The van der Waals surface area contributed by atoms with Gasteiger partial charge in [-0.15, -0.1) is 0 Å². The molecule has 0 saturated carbocycles. The number of nitrogens with zero attached hydrogens (tertiary/aromatic N) is 4. The van der Waals surface area contributed by atoms with Crippen LogP contribution in [0, 0.1) is 0 Å². The standard InChI is InChI=1S/C24H24N4O3/c1-2-18-8-10-19(11-9-18)23(30)26-14-16-27(17-15-26)24(31)21-12-13-22(29)28(25-21)20-6-4-3-5-7-20/h3-13H,2,14-17H2,1H3. The van der Waals surface area contributed by atoms with Gasteiger partial charge in [0, 0.05) is 37.8 Å². The fraction of sp³-hybridized carbons (Fsp3) is 0.250. The maximum Gasteiger partial charge on any atom is 0.274 e. The molecule has 0 N–H and O–H groups in total. The maximum absolute atomic E-state index is 13.0. The highest BCUT2D eigenvalue weighted by Gasteiger charge is 2.26. The summed E-state index contributed by atoms with van der Waals surface area (Å²) in [5.74, 6) is -0.269. The van der Waals surface area contributed by atoms with Gasteiger partial charge >= 0.3 is 0 Å². The molecule has 31 heavy (non-hydrogen) atoms. The molecule has 7 heteroatoms. The van der Waals surface area contributed by atoms with Crippen LogP contribution in [0.25, 0.3) is 5.69 Å². The zero-order valence-electron chi connectivity index (χ0n) is 17.4. The molecule has 2 aromatic carbocycles. The Hall–Kier alpha value is -3.74. The number of carbonyl (C=O) groups is 2. The number of carbonyl (C=O) groups excluding carboxylic acids is 2. The van der Waals surface area contributed by atoms with E-state index in [4.69, 9.17) is 0 Å². The lowest BCUT2D eigenvalue weighted by Gasteiger charge is -2.34. The Kier molecular flexibility index (Phi) is 5.93. The van der Waals surface area contributed by atoms with Gasteiger partial charge in [0.25, 0.3) is 17.4 Å². The van der Waals surface area contributed by atoms with Crippen LogP contribution in [0.1, 0.15) is 33.3 Å². The first-order chi connectivity index (χ1) is 15.1. The third kappa shape index (κ3) is 4.40. The van der Waals surface area contributed by atoms with E-state index in [0.29, 0.717) is 37.4 Å². The Labute approximate surface area is 180 Å². The largest absolute Gasteiger partial charge is 0.335 e. The average Bonchev–Trinajstić information content (AvgIpc) is 2.84. The topological polar surface area (TPSA) is 75.5 Å². The van der Waals surface area contributed by atoms with Gasteiger partial charge in [-0.1, -0.05) is 37.3 Å². The predicted octanol–water partition coefficient (Wildman–Crippen LogP) is 2.39. The highest BCUT2D eigenvalue weighted by atomic mass is 16.2. The van der Waals surface area contributed by atoms with E-state index in [1.165, 1.54) is 22.4 Å². The smallest absolute Gasteiger partial charge is 0.274 e. The summed E-state index contributed by atoms with van der Waals surface area (Å²) in [4.78, 5) is 41.3. The third-order valence-electron chi connectivity index (χ3n) is 5.48. The van der Waals surface area contributed by atoms with Crippen molar-refractivity contribution in [3.63, 3.8) is 0 Å². The summed E-state index contributed by atoms with van der Waals surface area (Å²) in [6.07, 6.45) is 0.931. The molecule has 0 unspecified atom stereocenters. The predicted molar refractivity (Wildman–Crippen MR) is 117 cm³/mol. The summed E-state index contributed by atoms with van der Waals surface area (Å²) in [5.41, 5.74) is 2.36. The molecule has 7 nitrogen and oxygen atoms in total. The molecule has 1 saturated heterocycles. The summed E-state index contributed by atoms with van der Waals surface area (Å²) >= 11 is 0. The lowest BCUT2D eigenvalue weighted by molar-refractivity contribution is 0.0531. The first kappa shape index (κ1) is 20.5. The van der Waals surface area contributed by atoms with Crippen molar-refractivity contribution in [1.82, 2.24) is 19.6 Å². The van der Waals surface area contributed by atoms with Crippen LogP contribution >= 0.6 is 0 Å². The number of aromatic nitrogens is 2. The van der Waals surface area contributed by atoms with Crippen LogP contribution in [0.15, 0.2) is 71.5 Å². The van der Waals surface area contributed by atoms with E-state index in [2.05, 4.69) is 12.0 Å². The van der Waals surface area contributed by atoms with Gasteiger partial charge in [0.1, 0.15) is 5.69 Å². The van der Waals surface area contributed by atoms with E-state index in [-0.39, 0.29) is 23.1 Å². The fourth-order valence-electron chi connectivity index (χ4n) is 3.62. The van der Waals surface area contributed by atoms with Crippen molar-refractivity contribution in [3.8, 4) is 5.69 Å². The second kappa shape index (κ2) is 8.95. The number of hydrogen-bond donors (Lipinski definition) is 0. The molecule has 2 amide bonds. The normalized spacial score (nSPS) is 13.8. The SMILES string of the molecule is CCc1ccc(C(=O)N2CCN(C(=O)c3ccc(=O)n(-c4ccccc4)n3)CC2)cc1. The van der Waals surface area contributed by atoms with Crippen molar-refractivity contribution in [2.45, 2.75) is 13.3 Å². The van der Waals surface area contributed by atoms with Crippen LogP contribution in [0.3, 0.4) is 0 Å². The van der Waals surface area contributed by atoms with Crippen LogP contribution in [0.5, 0.6) is 0 Å². The van der Waals surface area contributed by atoms with Gasteiger partial charge in [-0.05, 0) is 42.3 Å². The minimum atomic E-state index is -0.299. The first-order valence-electron chi connectivity index (χ1n) is 10.4. The minimum Gasteiger partial charge on any atom is -0.335 e. The molecule has 1 aliphatic rings. The summed E-state index contributed by atoms with van der Waals surface area (Å²) in [5, 5.41) is 4.27. The molecule has 1 aliphatic heterocycles. The minimum absolute atomic E-state index is 0.0227. The molecule has 0 radical (unpaired) electrons. The van der Waals surface area contributed by atoms with E-state index in [1.54, 1.807) is 21.9 Å². The molecule has 0 bridgehead atoms. The molecule has 0 atom stereocenters. The zero-order chi connectivity index (χ0) is 21.8. The number of piperazine rings is 1. The zero-order valence-corrected chi connectivity index (χ0v) is 17.4. The Bertz CT molecular complexity index is 1130. The molecule has 0 aliphatic carbocycles. The van der Waals surface area contributed by atoms with Crippen molar-refractivity contribution < 1.29 is 9.59 Å². The van der Waals surface area contributed by atoms with Gasteiger partial charge in [0.15, 0.2) is 0 Å². The highest BCUT2D eigenvalue weighted by Crippen LogP contribution is 2.13. The molecule has 3 aromatic rings. The Morgan fingerprint density at radius 3 is 2.03 bits per heavy atom. The van der Waals surface area contributed by atoms with Gasteiger partial charge in [0.2, 0.25) is 0 Å². The summed E-state index contributed by atoms with van der Waals surface area (Å²) in [7, 11) is 0. The summed E-state index contributed by atoms with van der Waals surface area (Å²) < 4.78 is 1.23. The molecule has 1 aromatic heterocycles. The molecule has 1 fully saturated rings. The van der Waals surface area contributed by atoms with E-state index >= 15 is 0 Å². The van der Waals surface area contributed by atoms with Crippen LogP contribution < -0.4 is 5.56 Å². The highest BCUT2D eigenvalue weighted by molar-refractivity contribution is 5.95. The van der Waals surface area contributed by atoms with Crippen molar-refractivity contribution in [1.29, 1.82) is 0 Å². The Balaban J connectivity index is 1.43. The number of hydrogen-bond acceptors (Lipinski definition) is 4. The van der Waals surface area contributed by atoms with Gasteiger partial charge in [0.05, 0.1) is 5.69 Å². The number of rotatable bonds is 4. The molecule has 2 heterocycles. The molecule has 0 spiro atoms. The van der Waals surface area contributed by atoms with Gasteiger partial charge < -0.3 is 9.80 Å². The second-order valence-electron chi connectivity index (χ2n) is 7.44. The van der Waals surface area contributed by atoms with Gasteiger partial charge in [-0.25, -0.2) is 0 Å². The van der Waals surface area contributed by atoms with Crippen molar-refractivity contribution >= 4 is 11.8 Å². The summed E-state index contributed by atoms with van der Waals surface area (Å²) in [6, 6.07) is 19.5. The van der Waals surface area contributed by atoms with Crippen molar-refractivity contribution in [2.24, 2.45) is 0 Å². The third-order valence-corrected chi connectivity index (χ3v) is 5.48. The van der Waals surface area contributed by atoms with Crippen LogP contribution in [-0.2, 0) is 6.42 Å². The van der Waals surface area contributed by atoms with Gasteiger partial charge in [-0.3, -0.25) is 14.4 Å². The molecule has 158 valence electrons. The van der Waals surface area contributed by atoms with Crippen LogP contribution in [0.2, 0.25) is 0 Å². The van der Waals surface area contributed by atoms with Crippen LogP contribution in [-0.4, -0.2) is 57.6 Å². The molecule has 4 rings (SSSR count). The molecular formula is C24H24N4O3. The monoisotopic (exact) mass is 416 g/mol. The maximum atomic E-state index is 13.0. The Morgan fingerprint density at radius 2 is 1.42 bits per heavy atom. The van der Waals surface area contributed by atoms with E-state index in [1.807, 2.05) is 42.5 Å². The van der Waals surface area contributed by atoms with Crippen LogP contribution in [0.4, 0.5) is 0 Å². The lowest BCUT2D eigenvalue weighted by atomic mass is 10.1. The second-order valence-corrected chi connectivity index (χ2v) is 7.44. The quantitative estimate of drug-likeness (QED) is 0.655. The first-order valence-corrected chi connectivity index (χ1v) is 10.4. The number of amides is 2. The number of aryl methyl sites for hydroxylation is 1. The average molecular weight is 416 g/mol. The van der Waals surface area contributed by atoms with Crippen molar-refractivity contribution in [3.05, 3.63) is 93.9 Å². The number of benzene rings is 2. The van der Waals surface area contributed by atoms with Crippen molar-refractivity contribution in [2.75, 3.05) is 26.2 Å². The van der Waals surface area contributed by atoms with E-state index in [9.17, 15) is 14.4 Å². The van der Waals surface area contributed by atoms with E-state index < -0.39 is 0 Å². The van der Waals surface area contributed by atoms with Gasteiger partial charge in [-0.2, -0.15) is 9.78 Å². The number of para-hydroxylation sites is 1. The Morgan fingerprint density at radius 1 is 0.806 bits per heavy atom.